The van der Waals surface area contributed by atoms with Gasteiger partial charge in [0.1, 0.15) is 0 Å². The van der Waals surface area contributed by atoms with Crippen molar-refractivity contribution in [3.05, 3.63) is 35.4 Å². The van der Waals surface area contributed by atoms with Crippen molar-refractivity contribution in [3.63, 3.8) is 0 Å². The molecule has 0 fully saturated rings. The van der Waals surface area contributed by atoms with Gasteiger partial charge in [0.05, 0.1) is 0 Å². The van der Waals surface area contributed by atoms with Gasteiger partial charge in [-0.25, -0.2) is 0 Å². The average Bonchev–Trinajstić information content (AvgIpc) is 2.98. The van der Waals surface area contributed by atoms with Crippen LogP contribution in [0.25, 0.3) is 0 Å². The second-order valence-electron chi connectivity index (χ2n) is 4.02. The number of fused-ring (bicyclic) bond motifs is 1. The largest absolute Gasteiger partial charge is 0.454 e. The molecule has 1 aliphatic carbocycles. The van der Waals surface area contributed by atoms with Gasteiger partial charge in [-0.3, -0.25) is 4.79 Å². The first-order chi connectivity index (χ1) is 7.84. The molecule has 1 heterocycles. The zero-order valence-electron chi connectivity index (χ0n) is 8.86. The van der Waals surface area contributed by atoms with Gasteiger partial charge in [-0.15, -0.1) is 0 Å². The molecule has 1 aromatic carbocycles. The Morgan fingerprint density at radius 2 is 2.06 bits per heavy atom. The van der Waals surface area contributed by atoms with Crippen LogP contribution in [0.3, 0.4) is 0 Å². The Hall–Kier alpha value is -1.77. The van der Waals surface area contributed by atoms with E-state index >= 15 is 0 Å². The summed E-state index contributed by atoms with van der Waals surface area (Å²) in [5, 5.41) is 0. The number of benzene rings is 1. The van der Waals surface area contributed by atoms with Crippen molar-refractivity contribution in [2.75, 3.05) is 6.79 Å². The minimum absolute atomic E-state index is 0.121. The Bertz CT molecular complexity index is 474. The van der Waals surface area contributed by atoms with Crippen molar-refractivity contribution in [2.24, 2.45) is 0 Å². The number of carbonyl (C=O) groups excluding carboxylic acids is 1. The fourth-order valence-corrected chi connectivity index (χ4v) is 2.10. The van der Waals surface area contributed by atoms with Crippen LogP contribution in [0, 0.1) is 0 Å². The first-order valence-electron chi connectivity index (χ1n) is 5.48. The first-order valence-corrected chi connectivity index (χ1v) is 5.48. The lowest BCUT2D eigenvalue weighted by molar-refractivity contribution is 0.103. The summed E-state index contributed by atoms with van der Waals surface area (Å²) in [6.07, 6.45) is 5.04. The molecule has 0 amide bonds. The van der Waals surface area contributed by atoms with Gasteiger partial charge in [0.15, 0.2) is 17.3 Å². The van der Waals surface area contributed by atoms with Gasteiger partial charge in [0.25, 0.3) is 0 Å². The minimum atomic E-state index is 0.121. The van der Waals surface area contributed by atoms with Crippen molar-refractivity contribution in [1.82, 2.24) is 0 Å². The highest BCUT2D eigenvalue weighted by atomic mass is 16.7. The highest BCUT2D eigenvalue weighted by Gasteiger charge is 2.19. The van der Waals surface area contributed by atoms with E-state index < -0.39 is 0 Å². The van der Waals surface area contributed by atoms with Gasteiger partial charge in [-0.05, 0) is 43.0 Å². The quantitative estimate of drug-likeness (QED) is 0.713. The van der Waals surface area contributed by atoms with E-state index in [1.165, 1.54) is 0 Å². The van der Waals surface area contributed by atoms with Crippen molar-refractivity contribution in [2.45, 2.75) is 19.3 Å². The van der Waals surface area contributed by atoms with Crippen LogP contribution in [0.2, 0.25) is 0 Å². The molecular weight excluding hydrogens is 204 g/mol. The molecule has 82 valence electrons. The molecule has 0 radical (unpaired) electrons. The van der Waals surface area contributed by atoms with Gasteiger partial charge >= 0.3 is 0 Å². The molecule has 2 aliphatic rings. The van der Waals surface area contributed by atoms with E-state index in [9.17, 15) is 4.79 Å². The molecule has 0 spiro atoms. The average molecular weight is 216 g/mol. The number of hydrogen-bond donors (Lipinski definition) is 0. The number of ketones is 1. The third kappa shape index (κ3) is 1.48. The highest BCUT2D eigenvalue weighted by Crippen LogP contribution is 2.33. The summed E-state index contributed by atoms with van der Waals surface area (Å²) >= 11 is 0. The van der Waals surface area contributed by atoms with E-state index in [0.29, 0.717) is 11.3 Å². The number of allylic oxidation sites excluding steroid dienone is 2. The summed E-state index contributed by atoms with van der Waals surface area (Å²) in [7, 11) is 0. The van der Waals surface area contributed by atoms with E-state index in [2.05, 4.69) is 0 Å². The maximum absolute atomic E-state index is 12.1. The number of Topliss-reactive ketones (excluding diaryl/α,β-unsaturated/α-hetero) is 1. The fraction of sp³-hybridized carbons (Fsp3) is 0.308. The molecule has 0 saturated heterocycles. The molecule has 3 rings (SSSR count). The van der Waals surface area contributed by atoms with Crippen molar-refractivity contribution < 1.29 is 14.3 Å². The summed E-state index contributed by atoms with van der Waals surface area (Å²) < 4.78 is 10.5. The smallest absolute Gasteiger partial charge is 0.231 e. The predicted molar refractivity (Wildman–Crippen MR) is 58.8 cm³/mol. The van der Waals surface area contributed by atoms with E-state index in [0.717, 1.165) is 30.6 Å². The lowest BCUT2D eigenvalue weighted by atomic mass is 10.0. The van der Waals surface area contributed by atoms with Gasteiger partial charge in [-0.2, -0.15) is 0 Å². The van der Waals surface area contributed by atoms with Crippen molar-refractivity contribution in [1.29, 1.82) is 0 Å². The maximum Gasteiger partial charge on any atom is 0.231 e. The molecule has 0 unspecified atom stereocenters. The Labute approximate surface area is 93.7 Å². The second kappa shape index (κ2) is 3.67. The van der Waals surface area contributed by atoms with Gasteiger partial charge < -0.3 is 9.47 Å². The van der Waals surface area contributed by atoms with E-state index in [1.54, 1.807) is 18.2 Å². The molecule has 1 aliphatic heterocycles. The Morgan fingerprint density at radius 3 is 2.88 bits per heavy atom. The van der Waals surface area contributed by atoms with Crippen LogP contribution < -0.4 is 9.47 Å². The Morgan fingerprint density at radius 1 is 1.19 bits per heavy atom. The van der Waals surface area contributed by atoms with Crippen molar-refractivity contribution >= 4 is 5.78 Å². The first kappa shape index (κ1) is 9.46. The zero-order chi connectivity index (χ0) is 11.0. The SMILES string of the molecule is O=C(C1=CCCC1)c1ccc2c(c1)OCO2. The van der Waals surface area contributed by atoms with Gasteiger partial charge in [-0.1, -0.05) is 6.08 Å². The minimum Gasteiger partial charge on any atom is -0.454 e. The summed E-state index contributed by atoms with van der Waals surface area (Å²) in [5.74, 6) is 1.51. The lowest BCUT2D eigenvalue weighted by Crippen LogP contribution is -2.01. The van der Waals surface area contributed by atoms with Crippen LogP contribution in [0.1, 0.15) is 29.6 Å². The summed E-state index contributed by atoms with van der Waals surface area (Å²) in [6.45, 7) is 0.246. The third-order valence-corrected chi connectivity index (χ3v) is 2.97. The van der Waals surface area contributed by atoms with Crippen LogP contribution in [0.15, 0.2) is 29.8 Å². The zero-order valence-corrected chi connectivity index (χ0v) is 8.86. The molecule has 0 saturated carbocycles. The molecule has 0 N–H and O–H groups in total. The fourth-order valence-electron chi connectivity index (χ4n) is 2.10. The predicted octanol–water partition coefficient (Wildman–Crippen LogP) is 2.71. The highest BCUT2D eigenvalue weighted by molar-refractivity contribution is 6.09. The number of rotatable bonds is 2. The molecule has 16 heavy (non-hydrogen) atoms. The molecule has 0 atom stereocenters. The van der Waals surface area contributed by atoms with Gasteiger partial charge in [0.2, 0.25) is 6.79 Å². The maximum atomic E-state index is 12.1. The Balaban J connectivity index is 1.92. The van der Waals surface area contributed by atoms with Crippen LogP contribution in [0.5, 0.6) is 11.5 Å². The second-order valence-corrected chi connectivity index (χ2v) is 4.02. The molecule has 1 aromatic rings. The molecule has 3 nitrogen and oxygen atoms in total. The van der Waals surface area contributed by atoms with Gasteiger partial charge in [0, 0.05) is 5.56 Å². The lowest BCUT2D eigenvalue weighted by Gasteiger charge is -2.02. The molecule has 3 heteroatoms. The molecule has 0 aromatic heterocycles. The standard InChI is InChI=1S/C13H12O3/c14-13(9-3-1-2-4-9)10-5-6-11-12(7-10)16-8-15-11/h3,5-7H,1-2,4,8H2. The van der Waals surface area contributed by atoms with Crippen molar-refractivity contribution in [3.8, 4) is 11.5 Å². The van der Waals surface area contributed by atoms with Crippen LogP contribution in [-0.4, -0.2) is 12.6 Å². The van der Waals surface area contributed by atoms with Crippen LogP contribution >= 0.6 is 0 Å². The van der Waals surface area contributed by atoms with Crippen LogP contribution in [0.4, 0.5) is 0 Å². The number of hydrogen-bond acceptors (Lipinski definition) is 3. The summed E-state index contributed by atoms with van der Waals surface area (Å²) in [5.41, 5.74) is 1.62. The van der Waals surface area contributed by atoms with E-state index in [1.807, 2.05) is 6.08 Å². The topological polar surface area (TPSA) is 35.5 Å². The number of carbonyl (C=O) groups is 1. The Kier molecular flexibility index (Phi) is 2.17. The molecular formula is C13H12O3. The monoisotopic (exact) mass is 216 g/mol. The summed E-state index contributed by atoms with van der Waals surface area (Å²) in [6, 6.07) is 5.36. The van der Waals surface area contributed by atoms with E-state index in [-0.39, 0.29) is 12.6 Å². The molecule has 0 bridgehead atoms. The third-order valence-electron chi connectivity index (χ3n) is 2.97. The van der Waals surface area contributed by atoms with Crippen LogP contribution in [-0.2, 0) is 0 Å². The van der Waals surface area contributed by atoms with E-state index in [4.69, 9.17) is 9.47 Å². The number of ether oxygens (including phenoxy) is 2. The normalized spacial score (nSPS) is 17.4. The summed E-state index contributed by atoms with van der Waals surface area (Å²) in [4.78, 5) is 12.1.